The average Bonchev–Trinajstić information content (AvgIpc) is 2.28. The zero-order chi connectivity index (χ0) is 11.4. The first-order valence-corrected chi connectivity index (χ1v) is 6.00. The summed E-state index contributed by atoms with van der Waals surface area (Å²) in [7, 11) is 0. The van der Waals surface area contributed by atoms with Gasteiger partial charge >= 0.3 is 0 Å². The van der Waals surface area contributed by atoms with Crippen molar-refractivity contribution in [1.82, 2.24) is 15.3 Å². The van der Waals surface area contributed by atoms with Crippen molar-refractivity contribution in [2.45, 2.75) is 44.4 Å². The SMILES string of the molecule is OC1CCC(NCc2ccnc(Cl)n2)CC1. The van der Waals surface area contributed by atoms with Gasteiger partial charge in [0.2, 0.25) is 5.28 Å². The van der Waals surface area contributed by atoms with Crippen LogP contribution in [0.25, 0.3) is 0 Å². The van der Waals surface area contributed by atoms with Gasteiger partial charge in [0.25, 0.3) is 0 Å². The van der Waals surface area contributed by atoms with E-state index in [0.717, 1.165) is 31.4 Å². The standard InChI is InChI=1S/C11H16ClN3O/c12-11-13-6-5-9(15-11)7-14-8-1-3-10(16)4-2-8/h5-6,8,10,14,16H,1-4,7H2. The molecule has 1 heterocycles. The molecule has 1 saturated carbocycles. The number of halogens is 1. The van der Waals surface area contributed by atoms with Crippen LogP contribution in [-0.4, -0.2) is 27.2 Å². The molecule has 88 valence electrons. The summed E-state index contributed by atoms with van der Waals surface area (Å²) in [6, 6.07) is 2.34. The van der Waals surface area contributed by atoms with Crippen molar-refractivity contribution in [1.29, 1.82) is 0 Å². The van der Waals surface area contributed by atoms with Crippen molar-refractivity contribution >= 4 is 11.6 Å². The number of aliphatic hydroxyl groups excluding tert-OH is 1. The lowest BCUT2D eigenvalue weighted by molar-refractivity contribution is 0.116. The molecule has 0 aromatic carbocycles. The summed E-state index contributed by atoms with van der Waals surface area (Å²) >= 11 is 5.70. The molecule has 2 N–H and O–H groups in total. The van der Waals surface area contributed by atoms with E-state index in [9.17, 15) is 5.11 Å². The van der Waals surface area contributed by atoms with Gasteiger partial charge in [0.15, 0.2) is 0 Å². The highest BCUT2D eigenvalue weighted by molar-refractivity contribution is 6.28. The Kier molecular flexibility index (Phi) is 4.09. The van der Waals surface area contributed by atoms with E-state index in [-0.39, 0.29) is 6.10 Å². The molecule has 1 aliphatic rings. The molecule has 0 saturated heterocycles. The highest BCUT2D eigenvalue weighted by atomic mass is 35.5. The van der Waals surface area contributed by atoms with Crippen molar-refractivity contribution in [2.24, 2.45) is 0 Å². The number of hydrogen-bond acceptors (Lipinski definition) is 4. The van der Waals surface area contributed by atoms with Crippen molar-refractivity contribution < 1.29 is 5.11 Å². The van der Waals surface area contributed by atoms with E-state index in [1.807, 2.05) is 6.07 Å². The van der Waals surface area contributed by atoms with Crippen LogP contribution in [0.5, 0.6) is 0 Å². The summed E-state index contributed by atoms with van der Waals surface area (Å²) in [6.45, 7) is 0.711. The summed E-state index contributed by atoms with van der Waals surface area (Å²) in [5.74, 6) is 0. The van der Waals surface area contributed by atoms with Crippen LogP contribution in [0.3, 0.4) is 0 Å². The van der Waals surface area contributed by atoms with Gasteiger partial charge in [0.05, 0.1) is 11.8 Å². The molecule has 1 aliphatic carbocycles. The fraction of sp³-hybridized carbons (Fsp3) is 0.636. The van der Waals surface area contributed by atoms with Crippen LogP contribution >= 0.6 is 11.6 Å². The van der Waals surface area contributed by atoms with E-state index < -0.39 is 0 Å². The van der Waals surface area contributed by atoms with Gasteiger partial charge in [-0.1, -0.05) is 0 Å². The smallest absolute Gasteiger partial charge is 0.222 e. The van der Waals surface area contributed by atoms with Crippen molar-refractivity contribution in [3.63, 3.8) is 0 Å². The molecule has 0 spiro atoms. The Morgan fingerprint density at radius 3 is 2.81 bits per heavy atom. The van der Waals surface area contributed by atoms with Gasteiger partial charge in [-0.15, -0.1) is 0 Å². The van der Waals surface area contributed by atoms with Gasteiger partial charge in [0, 0.05) is 18.8 Å². The fourth-order valence-electron chi connectivity index (χ4n) is 2.00. The third-order valence-electron chi connectivity index (χ3n) is 2.95. The maximum Gasteiger partial charge on any atom is 0.222 e. The van der Waals surface area contributed by atoms with Crippen molar-refractivity contribution in [2.75, 3.05) is 0 Å². The molecule has 0 unspecified atom stereocenters. The first-order valence-electron chi connectivity index (χ1n) is 5.63. The third-order valence-corrected chi connectivity index (χ3v) is 3.13. The molecule has 1 fully saturated rings. The molecule has 0 amide bonds. The van der Waals surface area contributed by atoms with E-state index >= 15 is 0 Å². The molecule has 5 heteroatoms. The second-order valence-corrected chi connectivity index (χ2v) is 4.54. The second kappa shape index (κ2) is 5.57. The van der Waals surface area contributed by atoms with Crippen LogP contribution in [-0.2, 0) is 6.54 Å². The van der Waals surface area contributed by atoms with Crippen LogP contribution < -0.4 is 5.32 Å². The van der Waals surface area contributed by atoms with E-state index in [2.05, 4.69) is 15.3 Å². The topological polar surface area (TPSA) is 58.0 Å². The Labute approximate surface area is 100 Å². The van der Waals surface area contributed by atoms with Gasteiger partial charge in [0.1, 0.15) is 0 Å². The predicted octanol–water partition coefficient (Wildman–Crippen LogP) is 1.52. The summed E-state index contributed by atoms with van der Waals surface area (Å²) in [5, 5.41) is 13.1. The second-order valence-electron chi connectivity index (χ2n) is 4.20. The zero-order valence-electron chi connectivity index (χ0n) is 9.06. The molecular formula is C11H16ClN3O. The van der Waals surface area contributed by atoms with Crippen LogP contribution in [0.15, 0.2) is 12.3 Å². The van der Waals surface area contributed by atoms with Gasteiger partial charge in [-0.2, -0.15) is 0 Å². The fourth-order valence-corrected chi connectivity index (χ4v) is 2.16. The normalized spacial score (nSPS) is 25.6. The number of aliphatic hydroxyl groups is 1. The quantitative estimate of drug-likeness (QED) is 0.788. The molecule has 0 atom stereocenters. The minimum atomic E-state index is -0.105. The monoisotopic (exact) mass is 241 g/mol. The highest BCUT2D eigenvalue weighted by Crippen LogP contribution is 2.18. The lowest BCUT2D eigenvalue weighted by atomic mass is 9.93. The molecular weight excluding hydrogens is 226 g/mol. The Hall–Kier alpha value is -0.710. The number of nitrogens with zero attached hydrogens (tertiary/aromatic N) is 2. The van der Waals surface area contributed by atoms with Gasteiger partial charge in [-0.05, 0) is 43.4 Å². The molecule has 0 aliphatic heterocycles. The number of aromatic nitrogens is 2. The minimum Gasteiger partial charge on any atom is -0.393 e. The Morgan fingerprint density at radius 1 is 1.38 bits per heavy atom. The molecule has 16 heavy (non-hydrogen) atoms. The maximum atomic E-state index is 9.38. The lowest BCUT2D eigenvalue weighted by Crippen LogP contribution is -2.34. The maximum absolute atomic E-state index is 9.38. The third kappa shape index (κ3) is 3.40. The van der Waals surface area contributed by atoms with E-state index in [0.29, 0.717) is 17.9 Å². The van der Waals surface area contributed by atoms with E-state index in [4.69, 9.17) is 11.6 Å². The summed E-state index contributed by atoms with van der Waals surface area (Å²) in [6.07, 6.45) is 5.40. The van der Waals surface area contributed by atoms with E-state index in [1.54, 1.807) is 6.20 Å². The average molecular weight is 242 g/mol. The number of hydrogen-bond donors (Lipinski definition) is 2. The summed E-state index contributed by atoms with van der Waals surface area (Å²) in [5.41, 5.74) is 0.908. The Balaban J connectivity index is 1.79. The largest absolute Gasteiger partial charge is 0.393 e. The van der Waals surface area contributed by atoms with Crippen molar-refractivity contribution in [3.05, 3.63) is 23.2 Å². The van der Waals surface area contributed by atoms with Gasteiger partial charge in [-0.25, -0.2) is 9.97 Å². The predicted molar refractivity (Wildman–Crippen MR) is 62.1 cm³/mol. The lowest BCUT2D eigenvalue weighted by Gasteiger charge is -2.26. The van der Waals surface area contributed by atoms with Crippen LogP contribution in [0, 0.1) is 0 Å². The molecule has 2 rings (SSSR count). The van der Waals surface area contributed by atoms with Crippen molar-refractivity contribution in [3.8, 4) is 0 Å². The van der Waals surface area contributed by atoms with Gasteiger partial charge in [-0.3, -0.25) is 0 Å². The van der Waals surface area contributed by atoms with Gasteiger partial charge < -0.3 is 10.4 Å². The number of rotatable bonds is 3. The van der Waals surface area contributed by atoms with E-state index in [1.165, 1.54) is 0 Å². The minimum absolute atomic E-state index is 0.105. The zero-order valence-corrected chi connectivity index (χ0v) is 9.82. The molecule has 0 bridgehead atoms. The first kappa shape index (κ1) is 11.8. The molecule has 4 nitrogen and oxygen atoms in total. The molecule has 1 aromatic heterocycles. The Morgan fingerprint density at radius 2 is 2.12 bits per heavy atom. The highest BCUT2D eigenvalue weighted by Gasteiger charge is 2.18. The first-order chi connectivity index (χ1) is 7.74. The molecule has 1 aromatic rings. The molecule has 0 radical (unpaired) electrons. The summed E-state index contributed by atoms with van der Waals surface area (Å²) < 4.78 is 0. The van der Waals surface area contributed by atoms with Crippen LogP contribution in [0.1, 0.15) is 31.4 Å². The Bertz CT molecular complexity index is 340. The summed E-state index contributed by atoms with van der Waals surface area (Å²) in [4.78, 5) is 7.95. The number of nitrogens with one attached hydrogen (secondary N) is 1. The van der Waals surface area contributed by atoms with Crippen LogP contribution in [0.4, 0.5) is 0 Å². The van der Waals surface area contributed by atoms with Crippen LogP contribution in [0.2, 0.25) is 5.28 Å².